The van der Waals surface area contributed by atoms with Gasteiger partial charge in [-0.15, -0.1) is 0 Å². The molecule has 0 amide bonds. The summed E-state index contributed by atoms with van der Waals surface area (Å²) < 4.78 is 18.9. The predicted octanol–water partition coefficient (Wildman–Crippen LogP) is 4.60. The van der Waals surface area contributed by atoms with E-state index in [0.717, 1.165) is 0 Å². The van der Waals surface area contributed by atoms with Gasteiger partial charge in [0.1, 0.15) is 11.6 Å². The third-order valence-corrected chi connectivity index (χ3v) is 3.63. The molecule has 0 fully saturated rings. The lowest BCUT2D eigenvalue weighted by Crippen LogP contribution is -1.96. The fraction of sp³-hybridized carbons (Fsp3) is 0. The standard InChI is InChI=1S/C17H10ClFN4O/c18-11-3-7-13(8-4-11)24-17-14-16(21-9-20-14)22-15(23-17)10-1-5-12(19)6-2-10/h1-9H,(H,20,21,22,23). The van der Waals surface area contributed by atoms with E-state index in [2.05, 4.69) is 19.9 Å². The maximum Gasteiger partial charge on any atom is 0.251 e. The third-order valence-electron chi connectivity index (χ3n) is 3.38. The number of hydrogen-bond acceptors (Lipinski definition) is 4. The average molecular weight is 341 g/mol. The molecule has 24 heavy (non-hydrogen) atoms. The SMILES string of the molecule is Fc1ccc(-c2nc(Oc3ccc(Cl)cc3)c3nc[nH]c3n2)cc1. The number of benzene rings is 2. The highest BCUT2D eigenvalue weighted by atomic mass is 35.5. The van der Waals surface area contributed by atoms with E-state index in [9.17, 15) is 4.39 Å². The van der Waals surface area contributed by atoms with Crippen LogP contribution in [0, 0.1) is 5.82 Å². The second-order valence-electron chi connectivity index (χ2n) is 5.01. The highest BCUT2D eigenvalue weighted by Gasteiger charge is 2.13. The molecule has 0 radical (unpaired) electrons. The molecule has 0 saturated heterocycles. The Balaban J connectivity index is 1.80. The lowest BCUT2D eigenvalue weighted by molar-refractivity contribution is 0.468. The Kier molecular flexibility index (Phi) is 3.59. The zero-order chi connectivity index (χ0) is 16.5. The molecule has 0 aliphatic rings. The lowest BCUT2D eigenvalue weighted by atomic mass is 10.2. The number of ether oxygens (including phenoxy) is 1. The van der Waals surface area contributed by atoms with Crippen molar-refractivity contribution in [2.75, 3.05) is 0 Å². The number of aromatic nitrogens is 4. The zero-order valence-electron chi connectivity index (χ0n) is 12.2. The first-order valence-corrected chi connectivity index (χ1v) is 7.47. The van der Waals surface area contributed by atoms with Crippen LogP contribution < -0.4 is 4.74 Å². The van der Waals surface area contributed by atoms with E-state index in [0.29, 0.717) is 39.2 Å². The van der Waals surface area contributed by atoms with Gasteiger partial charge in [-0.3, -0.25) is 0 Å². The normalized spacial score (nSPS) is 10.9. The van der Waals surface area contributed by atoms with Crippen LogP contribution in [0.4, 0.5) is 4.39 Å². The molecule has 118 valence electrons. The number of imidazole rings is 1. The Labute approximate surface area is 141 Å². The first-order valence-electron chi connectivity index (χ1n) is 7.09. The van der Waals surface area contributed by atoms with Crippen LogP contribution in [0.5, 0.6) is 11.6 Å². The van der Waals surface area contributed by atoms with E-state index in [1.54, 1.807) is 36.4 Å². The molecule has 0 saturated carbocycles. The minimum Gasteiger partial charge on any atom is -0.437 e. The van der Waals surface area contributed by atoms with Gasteiger partial charge in [-0.1, -0.05) is 11.6 Å². The van der Waals surface area contributed by atoms with Crippen LogP contribution in [-0.4, -0.2) is 19.9 Å². The van der Waals surface area contributed by atoms with Crippen LogP contribution in [-0.2, 0) is 0 Å². The average Bonchev–Trinajstić information content (AvgIpc) is 3.06. The fourth-order valence-electron chi connectivity index (χ4n) is 2.22. The van der Waals surface area contributed by atoms with Gasteiger partial charge in [0.15, 0.2) is 17.0 Å². The molecular weight excluding hydrogens is 331 g/mol. The van der Waals surface area contributed by atoms with Crippen molar-refractivity contribution in [2.45, 2.75) is 0 Å². The molecule has 0 atom stereocenters. The van der Waals surface area contributed by atoms with E-state index in [-0.39, 0.29) is 5.82 Å². The molecule has 0 spiro atoms. The van der Waals surface area contributed by atoms with Gasteiger partial charge in [0.05, 0.1) is 6.33 Å². The number of nitrogens with one attached hydrogen (secondary N) is 1. The molecule has 2 heterocycles. The largest absolute Gasteiger partial charge is 0.437 e. The molecule has 0 unspecified atom stereocenters. The summed E-state index contributed by atoms with van der Waals surface area (Å²) in [5, 5.41) is 0.613. The summed E-state index contributed by atoms with van der Waals surface area (Å²) in [5.74, 6) is 0.977. The van der Waals surface area contributed by atoms with Gasteiger partial charge < -0.3 is 9.72 Å². The Morgan fingerprint density at radius 1 is 0.958 bits per heavy atom. The van der Waals surface area contributed by atoms with Gasteiger partial charge in [0.2, 0.25) is 0 Å². The van der Waals surface area contributed by atoms with E-state index < -0.39 is 0 Å². The second-order valence-corrected chi connectivity index (χ2v) is 5.45. The summed E-state index contributed by atoms with van der Waals surface area (Å²) in [6.07, 6.45) is 1.52. The molecule has 4 aromatic rings. The number of rotatable bonds is 3. The van der Waals surface area contributed by atoms with Crippen molar-refractivity contribution in [3.63, 3.8) is 0 Å². The maximum absolute atomic E-state index is 13.1. The van der Waals surface area contributed by atoms with Crippen molar-refractivity contribution in [2.24, 2.45) is 0 Å². The van der Waals surface area contributed by atoms with Crippen LogP contribution >= 0.6 is 11.6 Å². The Morgan fingerprint density at radius 3 is 2.46 bits per heavy atom. The molecule has 1 N–H and O–H groups in total. The summed E-state index contributed by atoms with van der Waals surface area (Å²) in [6.45, 7) is 0. The first kappa shape index (κ1) is 14.6. The topological polar surface area (TPSA) is 63.7 Å². The molecule has 0 aliphatic carbocycles. The van der Waals surface area contributed by atoms with Gasteiger partial charge in [0, 0.05) is 10.6 Å². The smallest absolute Gasteiger partial charge is 0.251 e. The Morgan fingerprint density at radius 2 is 1.71 bits per heavy atom. The highest BCUT2D eigenvalue weighted by molar-refractivity contribution is 6.30. The predicted molar refractivity (Wildman–Crippen MR) is 88.6 cm³/mol. The summed E-state index contributed by atoms with van der Waals surface area (Å²) in [7, 11) is 0. The Hall–Kier alpha value is -2.99. The quantitative estimate of drug-likeness (QED) is 0.591. The maximum atomic E-state index is 13.1. The minimum absolute atomic E-state index is 0.308. The van der Waals surface area contributed by atoms with Crippen LogP contribution in [0.1, 0.15) is 0 Å². The molecule has 0 bridgehead atoms. The van der Waals surface area contributed by atoms with Crippen molar-refractivity contribution in [1.82, 2.24) is 19.9 Å². The molecule has 5 nitrogen and oxygen atoms in total. The number of aromatic amines is 1. The highest BCUT2D eigenvalue weighted by Crippen LogP contribution is 2.29. The van der Waals surface area contributed by atoms with Gasteiger partial charge >= 0.3 is 0 Å². The van der Waals surface area contributed by atoms with E-state index in [1.165, 1.54) is 18.5 Å². The lowest BCUT2D eigenvalue weighted by Gasteiger charge is -2.07. The second kappa shape index (κ2) is 5.90. The molecule has 2 aromatic carbocycles. The van der Waals surface area contributed by atoms with Crippen molar-refractivity contribution in [1.29, 1.82) is 0 Å². The van der Waals surface area contributed by atoms with Crippen molar-refractivity contribution in [3.05, 3.63) is 65.7 Å². The molecule has 2 aromatic heterocycles. The van der Waals surface area contributed by atoms with Crippen LogP contribution in [0.2, 0.25) is 5.02 Å². The van der Waals surface area contributed by atoms with E-state index in [4.69, 9.17) is 16.3 Å². The van der Waals surface area contributed by atoms with Crippen molar-refractivity contribution in [3.8, 4) is 23.0 Å². The van der Waals surface area contributed by atoms with Crippen LogP contribution in [0.15, 0.2) is 54.9 Å². The molecular formula is C17H10ClFN4O. The summed E-state index contributed by atoms with van der Waals surface area (Å²) in [4.78, 5) is 15.9. The van der Waals surface area contributed by atoms with Gasteiger partial charge in [0.25, 0.3) is 5.88 Å². The van der Waals surface area contributed by atoms with Crippen LogP contribution in [0.3, 0.4) is 0 Å². The first-order chi connectivity index (χ1) is 11.7. The van der Waals surface area contributed by atoms with Gasteiger partial charge in [-0.05, 0) is 48.5 Å². The number of halogens is 2. The number of nitrogens with zero attached hydrogens (tertiary/aromatic N) is 3. The van der Waals surface area contributed by atoms with E-state index in [1.807, 2.05) is 0 Å². The van der Waals surface area contributed by atoms with E-state index >= 15 is 0 Å². The number of H-pyrrole nitrogens is 1. The summed E-state index contributed by atoms with van der Waals surface area (Å²) >= 11 is 5.88. The fourth-order valence-corrected chi connectivity index (χ4v) is 2.35. The summed E-state index contributed by atoms with van der Waals surface area (Å²) in [6, 6.07) is 12.9. The Bertz CT molecular complexity index is 999. The van der Waals surface area contributed by atoms with Gasteiger partial charge in [-0.25, -0.2) is 14.4 Å². The molecule has 0 aliphatic heterocycles. The van der Waals surface area contributed by atoms with Gasteiger partial charge in [-0.2, -0.15) is 4.98 Å². The van der Waals surface area contributed by atoms with Crippen LogP contribution in [0.25, 0.3) is 22.6 Å². The minimum atomic E-state index is -0.320. The monoisotopic (exact) mass is 340 g/mol. The van der Waals surface area contributed by atoms with Crippen molar-refractivity contribution >= 4 is 22.8 Å². The zero-order valence-corrected chi connectivity index (χ0v) is 13.0. The summed E-state index contributed by atoms with van der Waals surface area (Å²) in [5.41, 5.74) is 1.72. The van der Waals surface area contributed by atoms with Crippen molar-refractivity contribution < 1.29 is 9.13 Å². The third kappa shape index (κ3) is 2.79. The molecule has 7 heteroatoms. The number of fused-ring (bicyclic) bond motifs is 1. The number of hydrogen-bond donors (Lipinski definition) is 1. The molecule has 4 rings (SSSR count).